The standard InChI is InChI=1S/C26H32FN5O2S/c1-18-4-6-21(15-23(18)27)30-26-32(9-8-29-25(33)28-3)24(17-35-26)22-7-5-20(14-19(22)2)16-31-10-12-34-13-11-31/h4-7,14-15,17H,8-13,16H2,1-3H3,(H2,28,29,33). The van der Waals surface area contributed by atoms with Gasteiger partial charge in [0, 0.05) is 50.7 Å². The van der Waals surface area contributed by atoms with Crippen LogP contribution >= 0.6 is 11.3 Å². The van der Waals surface area contributed by atoms with Crippen LogP contribution in [-0.2, 0) is 17.8 Å². The summed E-state index contributed by atoms with van der Waals surface area (Å²) >= 11 is 1.51. The summed E-state index contributed by atoms with van der Waals surface area (Å²) in [6, 6.07) is 11.3. The minimum absolute atomic E-state index is 0.231. The maximum atomic E-state index is 14.1. The van der Waals surface area contributed by atoms with Gasteiger partial charge in [0.05, 0.1) is 24.6 Å². The van der Waals surface area contributed by atoms with Crippen LogP contribution in [-0.4, -0.2) is 55.4 Å². The van der Waals surface area contributed by atoms with Crippen molar-refractivity contribution in [1.29, 1.82) is 0 Å². The van der Waals surface area contributed by atoms with Gasteiger partial charge in [0.2, 0.25) is 0 Å². The summed E-state index contributed by atoms with van der Waals surface area (Å²) in [6.07, 6.45) is 0. The van der Waals surface area contributed by atoms with E-state index in [1.807, 2.05) is 6.07 Å². The average Bonchev–Trinajstić information content (AvgIpc) is 3.24. The summed E-state index contributed by atoms with van der Waals surface area (Å²) in [6.45, 7) is 9.21. The third-order valence-electron chi connectivity index (χ3n) is 6.10. The number of nitrogens with zero attached hydrogens (tertiary/aromatic N) is 3. The van der Waals surface area contributed by atoms with Crippen LogP contribution in [0.3, 0.4) is 0 Å². The van der Waals surface area contributed by atoms with E-state index < -0.39 is 0 Å². The lowest BCUT2D eigenvalue weighted by molar-refractivity contribution is 0.0342. The molecule has 186 valence electrons. The molecule has 0 atom stereocenters. The van der Waals surface area contributed by atoms with E-state index in [9.17, 15) is 9.18 Å². The maximum absolute atomic E-state index is 14.1. The van der Waals surface area contributed by atoms with Crippen molar-refractivity contribution in [3.63, 3.8) is 0 Å². The number of hydrogen-bond donors (Lipinski definition) is 2. The Labute approximate surface area is 209 Å². The maximum Gasteiger partial charge on any atom is 0.314 e. The highest BCUT2D eigenvalue weighted by Crippen LogP contribution is 2.26. The lowest BCUT2D eigenvalue weighted by Crippen LogP contribution is -2.36. The minimum atomic E-state index is -0.275. The second-order valence-corrected chi connectivity index (χ2v) is 9.48. The second-order valence-electron chi connectivity index (χ2n) is 8.64. The number of halogens is 1. The number of aromatic nitrogens is 1. The number of nitrogens with one attached hydrogen (secondary N) is 2. The Morgan fingerprint density at radius 3 is 2.66 bits per heavy atom. The average molecular weight is 498 g/mol. The van der Waals surface area contributed by atoms with Crippen molar-refractivity contribution >= 4 is 23.1 Å². The van der Waals surface area contributed by atoms with Gasteiger partial charge >= 0.3 is 6.03 Å². The van der Waals surface area contributed by atoms with Crippen molar-refractivity contribution < 1.29 is 13.9 Å². The molecule has 1 aliphatic heterocycles. The third-order valence-corrected chi connectivity index (χ3v) is 6.97. The van der Waals surface area contributed by atoms with Gasteiger partial charge in [0.15, 0.2) is 4.80 Å². The quantitative estimate of drug-likeness (QED) is 0.519. The fourth-order valence-corrected chi connectivity index (χ4v) is 5.06. The number of carbonyl (C=O) groups is 1. The van der Waals surface area contributed by atoms with Crippen molar-refractivity contribution in [3.05, 3.63) is 69.1 Å². The molecule has 1 fully saturated rings. The molecular weight excluding hydrogens is 465 g/mol. The second kappa shape index (κ2) is 11.6. The summed E-state index contributed by atoms with van der Waals surface area (Å²) in [5.41, 5.74) is 5.74. The molecule has 1 aliphatic rings. The molecule has 1 saturated heterocycles. The highest BCUT2D eigenvalue weighted by atomic mass is 32.1. The van der Waals surface area contributed by atoms with E-state index in [1.165, 1.54) is 28.5 Å². The van der Waals surface area contributed by atoms with Crippen molar-refractivity contribution in [1.82, 2.24) is 20.1 Å². The molecule has 0 spiro atoms. The third kappa shape index (κ3) is 6.36. The van der Waals surface area contributed by atoms with Crippen LogP contribution < -0.4 is 15.4 Å². The minimum Gasteiger partial charge on any atom is -0.379 e. The Hall–Kier alpha value is -3.01. The molecule has 0 aliphatic carbocycles. The molecule has 2 N–H and O–H groups in total. The van der Waals surface area contributed by atoms with Gasteiger partial charge in [-0.05, 0) is 42.7 Å². The van der Waals surface area contributed by atoms with Crippen LogP contribution in [0.4, 0.5) is 14.9 Å². The number of carbonyl (C=O) groups excluding carboxylic acids is 1. The van der Waals surface area contributed by atoms with Crippen LogP contribution in [0, 0.1) is 19.7 Å². The zero-order valence-electron chi connectivity index (χ0n) is 20.4. The van der Waals surface area contributed by atoms with Gasteiger partial charge < -0.3 is 19.9 Å². The summed E-state index contributed by atoms with van der Waals surface area (Å²) in [5, 5.41) is 7.49. The molecule has 0 bridgehead atoms. The van der Waals surface area contributed by atoms with Gasteiger partial charge in [-0.25, -0.2) is 14.2 Å². The van der Waals surface area contributed by atoms with Gasteiger partial charge in [-0.3, -0.25) is 4.90 Å². The van der Waals surface area contributed by atoms with E-state index in [1.54, 1.807) is 20.0 Å². The van der Waals surface area contributed by atoms with Gasteiger partial charge in [-0.15, -0.1) is 11.3 Å². The number of hydrogen-bond acceptors (Lipinski definition) is 5. The molecule has 2 aromatic carbocycles. The van der Waals surface area contributed by atoms with Crippen LogP contribution in [0.25, 0.3) is 11.3 Å². The molecule has 3 aromatic rings. The molecule has 0 saturated carbocycles. The first-order valence-electron chi connectivity index (χ1n) is 11.8. The van der Waals surface area contributed by atoms with E-state index >= 15 is 0 Å². The molecule has 4 rings (SSSR count). The van der Waals surface area contributed by atoms with E-state index in [2.05, 4.69) is 50.6 Å². The van der Waals surface area contributed by atoms with Crippen molar-refractivity contribution in [2.24, 2.45) is 4.99 Å². The summed E-state index contributed by atoms with van der Waals surface area (Å²) in [7, 11) is 1.59. The number of benzene rings is 2. The predicted molar refractivity (Wildman–Crippen MR) is 137 cm³/mol. The molecular formula is C26H32FN5O2S. The predicted octanol–water partition coefficient (Wildman–Crippen LogP) is 3.97. The number of urea groups is 1. The lowest BCUT2D eigenvalue weighted by atomic mass is 10.0. The normalized spacial score (nSPS) is 14.8. The Bertz CT molecular complexity index is 1250. The molecule has 7 nitrogen and oxygen atoms in total. The fourth-order valence-electron chi connectivity index (χ4n) is 4.11. The largest absolute Gasteiger partial charge is 0.379 e. The van der Waals surface area contributed by atoms with Crippen LogP contribution in [0.1, 0.15) is 16.7 Å². The highest BCUT2D eigenvalue weighted by Gasteiger charge is 2.14. The Balaban J connectivity index is 1.66. The number of thiazole rings is 1. The first-order valence-corrected chi connectivity index (χ1v) is 12.7. The molecule has 2 heterocycles. The fraction of sp³-hybridized carbons (Fsp3) is 0.385. The summed E-state index contributed by atoms with van der Waals surface area (Å²) in [5.74, 6) is -0.275. The van der Waals surface area contributed by atoms with Gasteiger partial charge in [0.25, 0.3) is 0 Å². The number of amides is 2. The van der Waals surface area contributed by atoms with Crippen molar-refractivity contribution in [2.75, 3.05) is 39.9 Å². The van der Waals surface area contributed by atoms with Crippen LogP contribution in [0.5, 0.6) is 0 Å². The number of morpholine rings is 1. The lowest BCUT2D eigenvalue weighted by Gasteiger charge is -2.26. The molecule has 0 unspecified atom stereocenters. The molecule has 35 heavy (non-hydrogen) atoms. The van der Waals surface area contributed by atoms with Crippen LogP contribution in [0.2, 0.25) is 0 Å². The van der Waals surface area contributed by atoms with Gasteiger partial charge in [0.1, 0.15) is 5.82 Å². The van der Waals surface area contributed by atoms with Crippen molar-refractivity contribution in [2.45, 2.75) is 26.9 Å². The monoisotopic (exact) mass is 497 g/mol. The first-order chi connectivity index (χ1) is 16.9. The number of ether oxygens (including phenoxy) is 1. The van der Waals surface area contributed by atoms with E-state index in [-0.39, 0.29) is 11.8 Å². The zero-order valence-corrected chi connectivity index (χ0v) is 21.3. The number of rotatable bonds is 7. The first kappa shape index (κ1) is 25.1. The topological polar surface area (TPSA) is 70.9 Å². The Morgan fingerprint density at radius 1 is 1.14 bits per heavy atom. The van der Waals surface area contributed by atoms with Crippen LogP contribution in [0.15, 0.2) is 46.8 Å². The molecule has 1 aromatic heterocycles. The van der Waals surface area contributed by atoms with Gasteiger partial charge in [-0.1, -0.05) is 24.3 Å². The smallest absolute Gasteiger partial charge is 0.314 e. The molecule has 2 amide bonds. The Morgan fingerprint density at radius 2 is 1.94 bits per heavy atom. The van der Waals surface area contributed by atoms with E-state index in [0.717, 1.165) is 48.9 Å². The molecule has 0 radical (unpaired) electrons. The van der Waals surface area contributed by atoms with E-state index in [0.29, 0.717) is 24.3 Å². The van der Waals surface area contributed by atoms with Gasteiger partial charge in [-0.2, -0.15) is 0 Å². The zero-order chi connectivity index (χ0) is 24.8. The summed E-state index contributed by atoms with van der Waals surface area (Å²) < 4.78 is 21.7. The molecule has 9 heteroatoms. The highest BCUT2D eigenvalue weighted by molar-refractivity contribution is 7.07. The SMILES string of the molecule is CNC(=O)NCCn1c(-c2ccc(CN3CCOCC3)cc2C)csc1=Nc1ccc(C)c(F)c1. The summed E-state index contributed by atoms with van der Waals surface area (Å²) in [4.78, 5) is 19.6. The van der Waals surface area contributed by atoms with E-state index in [4.69, 9.17) is 9.73 Å². The Kier molecular flexibility index (Phi) is 8.33. The number of aryl methyl sites for hydroxylation is 2. The van der Waals surface area contributed by atoms with Crippen molar-refractivity contribution in [3.8, 4) is 11.3 Å².